The van der Waals surface area contributed by atoms with E-state index in [1.165, 1.54) is 32.3 Å². The van der Waals surface area contributed by atoms with Crippen molar-refractivity contribution >= 4 is 33.2 Å². The van der Waals surface area contributed by atoms with Gasteiger partial charge in [0, 0.05) is 30.9 Å². The zero-order valence-corrected chi connectivity index (χ0v) is 18.0. The molecule has 3 aromatic carbocycles. The van der Waals surface area contributed by atoms with Crippen LogP contribution in [0, 0.1) is 11.8 Å². The predicted octanol–water partition coefficient (Wildman–Crippen LogP) is 4.24. The molecule has 0 heterocycles. The fourth-order valence-electron chi connectivity index (χ4n) is 2.59. The van der Waals surface area contributed by atoms with E-state index in [0.29, 0.717) is 5.69 Å². The van der Waals surface area contributed by atoms with Gasteiger partial charge in [-0.05, 0) is 48.5 Å². The van der Waals surface area contributed by atoms with Gasteiger partial charge in [-0.15, -0.1) is 0 Å². The minimum atomic E-state index is -3.69. The number of carbonyl (C=O) groups is 1. The highest BCUT2D eigenvalue weighted by atomic mass is 35.5. The van der Waals surface area contributed by atoms with E-state index in [4.69, 9.17) is 11.6 Å². The summed E-state index contributed by atoms with van der Waals surface area (Å²) in [4.78, 5) is 12.7. The monoisotopic (exact) mass is 438 g/mol. The van der Waals surface area contributed by atoms with E-state index in [2.05, 4.69) is 17.2 Å². The lowest BCUT2D eigenvalue weighted by atomic mass is 10.1. The zero-order chi connectivity index (χ0) is 21.7. The smallest absolute Gasteiger partial charge is 0.257 e. The van der Waals surface area contributed by atoms with E-state index in [1.807, 2.05) is 36.4 Å². The van der Waals surface area contributed by atoms with Crippen LogP contribution in [-0.4, -0.2) is 32.7 Å². The highest BCUT2D eigenvalue weighted by Gasteiger charge is 2.20. The molecule has 0 aliphatic heterocycles. The molecule has 0 aromatic heterocycles. The van der Waals surface area contributed by atoms with Crippen molar-refractivity contribution in [3.8, 4) is 11.8 Å². The summed E-state index contributed by atoms with van der Waals surface area (Å²) < 4.78 is 25.8. The number of amides is 1. The van der Waals surface area contributed by atoms with Gasteiger partial charge in [0.15, 0.2) is 0 Å². The average Bonchev–Trinajstić information content (AvgIpc) is 2.73. The van der Waals surface area contributed by atoms with Gasteiger partial charge < -0.3 is 5.32 Å². The molecule has 5 nitrogen and oxygen atoms in total. The van der Waals surface area contributed by atoms with Crippen LogP contribution in [0.3, 0.4) is 0 Å². The number of sulfonamides is 1. The minimum absolute atomic E-state index is 0.00970. The second-order valence-corrected chi connectivity index (χ2v) is 9.14. The summed E-state index contributed by atoms with van der Waals surface area (Å²) in [6, 6.07) is 20.7. The van der Waals surface area contributed by atoms with Crippen molar-refractivity contribution in [3.05, 3.63) is 94.5 Å². The third kappa shape index (κ3) is 5.08. The van der Waals surface area contributed by atoms with Crippen molar-refractivity contribution in [2.75, 3.05) is 19.4 Å². The lowest BCUT2D eigenvalue weighted by Gasteiger charge is -2.13. The molecule has 0 fully saturated rings. The molecule has 0 unspecified atom stereocenters. The van der Waals surface area contributed by atoms with Crippen LogP contribution in [-0.2, 0) is 10.0 Å². The van der Waals surface area contributed by atoms with Gasteiger partial charge >= 0.3 is 0 Å². The molecule has 7 heteroatoms. The predicted molar refractivity (Wildman–Crippen MR) is 119 cm³/mol. The van der Waals surface area contributed by atoms with Crippen molar-refractivity contribution in [3.63, 3.8) is 0 Å². The Labute approximate surface area is 181 Å². The second kappa shape index (κ2) is 9.14. The Kier molecular flexibility index (Phi) is 6.58. The molecule has 1 amide bonds. The van der Waals surface area contributed by atoms with Crippen LogP contribution >= 0.6 is 11.6 Å². The van der Waals surface area contributed by atoms with E-state index >= 15 is 0 Å². The van der Waals surface area contributed by atoms with E-state index in [-0.39, 0.29) is 15.5 Å². The van der Waals surface area contributed by atoms with E-state index in [9.17, 15) is 13.2 Å². The molecule has 152 valence electrons. The summed E-state index contributed by atoms with van der Waals surface area (Å²) in [6.07, 6.45) is 0. The Bertz CT molecular complexity index is 1240. The number of hydrogen-bond donors (Lipinski definition) is 1. The summed E-state index contributed by atoms with van der Waals surface area (Å²) in [5.41, 5.74) is 2.21. The first-order valence-corrected chi connectivity index (χ1v) is 10.8. The lowest BCUT2D eigenvalue weighted by Crippen LogP contribution is -2.23. The SMILES string of the molecule is CN(C)S(=O)(=O)c1ccc(Cl)c(C(=O)Nc2cccc(C#Cc3ccccc3)c2)c1. The van der Waals surface area contributed by atoms with Gasteiger partial charge in [-0.1, -0.05) is 47.7 Å². The fraction of sp³-hybridized carbons (Fsp3) is 0.0870. The maximum Gasteiger partial charge on any atom is 0.257 e. The van der Waals surface area contributed by atoms with Crippen LogP contribution in [0.5, 0.6) is 0 Å². The first-order valence-electron chi connectivity index (χ1n) is 8.98. The van der Waals surface area contributed by atoms with Gasteiger partial charge in [-0.25, -0.2) is 12.7 Å². The Hall–Kier alpha value is -3.11. The average molecular weight is 439 g/mol. The van der Waals surface area contributed by atoms with Crippen molar-refractivity contribution < 1.29 is 13.2 Å². The number of hydrogen-bond acceptors (Lipinski definition) is 3. The number of benzene rings is 3. The molecule has 0 aliphatic rings. The van der Waals surface area contributed by atoms with Crippen LogP contribution < -0.4 is 5.32 Å². The molecule has 0 aliphatic carbocycles. The van der Waals surface area contributed by atoms with Gasteiger partial charge in [0.2, 0.25) is 10.0 Å². The molecule has 30 heavy (non-hydrogen) atoms. The highest BCUT2D eigenvalue weighted by molar-refractivity contribution is 7.89. The molecule has 0 saturated heterocycles. The van der Waals surface area contributed by atoms with E-state index < -0.39 is 15.9 Å². The molecule has 0 spiro atoms. The largest absolute Gasteiger partial charge is 0.322 e. The van der Waals surface area contributed by atoms with Crippen molar-refractivity contribution in [2.45, 2.75) is 4.90 Å². The Morgan fingerprint density at radius 1 is 0.900 bits per heavy atom. The van der Waals surface area contributed by atoms with Crippen LogP contribution in [0.1, 0.15) is 21.5 Å². The molecular weight excluding hydrogens is 420 g/mol. The number of rotatable bonds is 4. The lowest BCUT2D eigenvalue weighted by molar-refractivity contribution is 0.102. The van der Waals surface area contributed by atoms with E-state index in [0.717, 1.165) is 15.4 Å². The number of nitrogens with one attached hydrogen (secondary N) is 1. The standard InChI is InChI=1S/C23H19ClN2O3S/c1-26(2)30(28,29)20-13-14-22(24)21(16-20)23(27)25-19-10-6-9-18(15-19)12-11-17-7-4-3-5-8-17/h3-10,13-16H,1-2H3,(H,25,27). The van der Waals surface area contributed by atoms with Gasteiger partial charge in [0.1, 0.15) is 0 Å². The molecule has 0 bridgehead atoms. The number of halogens is 1. The van der Waals surface area contributed by atoms with Gasteiger partial charge in [-0.3, -0.25) is 4.79 Å². The number of anilines is 1. The van der Waals surface area contributed by atoms with Crippen LogP contribution in [0.25, 0.3) is 0 Å². The van der Waals surface area contributed by atoms with Crippen molar-refractivity contribution in [1.82, 2.24) is 4.31 Å². The fourth-order valence-corrected chi connectivity index (χ4v) is 3.72. The molecular formula is C23H19ClN2O3S. The second-order valence-electron chi connectivity index (χ2n) is 6.58. The Morgan fingerprint density at radius 2 is 1.57 bits per heavy atom. The first-order chi connectivity index (χ1) is 14.3. The number of carbonyl (C=O) groups excluding carboxylic acids is 1. The first kappa shape index (κ1) is 21.6. The quantitative estimate of drug-likeness (QED) is 0.619. The molecule has 3 rings (SSSR count). The van der Waals surface area contributed by atoms with Gasteiger partial charge in [0.05, 0.1) is 15.5 Å². The topological polar surface area (TPSA) is 66.5 Å². The summed E-state index contributed by atoms with van der Waals surface area (Å²) >= 11 is 6.14. The molecule has 0 radical (unpaired) electrons. The van der Waals surface area contributed by atoms with Crippen LogP contribution in [0.2, 0.25) is 5.02 Å². The van der Waals surface area contributed by atoms with Crippen LogP contribution in [0.4, 0.5) is 5.69 Å². The highest BCUT2D eigenvalue weighted by Crippen LogP contribution is 2.23. The summed E-state index contributed by atoms with van der Waals surface area (Å²) in [5.74, 6) is 5.61. The molecule has 1 N–H and O–H groups in total. The summed E-state index contributed by atoms with van der Waals surface area (Å²) in [6.45, 7) is 0. The van der Waals surface area contributed by atoms with Crippen molar-refractivity contribution in [2.24, 2.45) is 0 Å². The van der Waals surface area contributed by atoms with Gasteiger partial charge in [0.25, 0.3) is 5.91 Å². The van der Waals surface area contributed by atoms with Crippen molar-refractivity contribution in [1.29, 1.82) is 0 Å². The minimum Gasteiger partial charge on any atom is -0.322 e. The molecule has 3 aromatic rings. The third-order valence-electron chi connectivity index (χ3n) is 4.21. The van der Waals surface area contributed by atoms with Crippen LogP contribution in [0.15, 0.2) is 77.7 Å². The zero-order valence-electron chi connectivity index (χ0n) is 16.4. The summed E-state index contributed by atoms with van der Waals surface area (Å²) in [7, 11) is -0.842. The molecule has 0 atom stereocenters. The number of nitrogens with zero attached hydrogens (tertiary/aromatic N) is 1. The Balaban J connectivity index is 1.84. The Morgan fingerprint density at radius 3 is 2.27 bits per heavy atom. The van der Waals surface area contributed by atoms with Gasteiger partial charge in [-0.2, -0.15) is 0 Å². The summed E-state index contributed by atoms with van der Waals surface area (Å²) in [5, 5.41) is 2.90. The normalized spacial score (nSPS) is 10.9. The maximum atomic E-state index is 12.7. The third-order valence-corrected chi connectivity index (χ3v) is 6.35. The maximum absolute atomic E-state index is 12.7. The molecule has 0 saturated carbocycles. The van der Waals surface area contributed by atoms with E-state index in [1.54, 1.807) is 18.2 Å².